The minimum Gasteiger partial charge on any atom is -0.477 e. The maximum absolute atomic E-state index is 11.2. The van der Waals surface area contributed by atoms with Gasteiger partial charge in [0.2, 0.25) is 5.13 Å². The number of aryl methyl sites for hydroxylation is 2. The number of nitrogens with zero attached hydrogens (tertiary/aromatic N) is 3. The van der Waals surface area contributed by atoms with E-state index in [2.05, 4.69) is 10.1 Å². The summed E-state index contributed by atoms with van der Waals surface area (Å²) in [5, 5.41) is 14.0. The van der Waals surface area contributed by atoms with E-state index in [1.54, 1.807) is 13.0 Å². The van der Waals surface area contributed by atoms with Crippen LogP contribution in [-0.2, 0) is 0 Å². The van der Waals surface area contributed by atoms with Gasteiger partial charge in [0.05, 0.1) is 15.9 Å². The molecule has 0 amide bonds. The average molecular weight is 273 g/mol. The molecule has 96 valence electrons. The quantitative estimate of drug-likeness (QED) is 0.779. The number of hydrogen-bond donors (Lipinski definition) is 1. The summed E-state index contributed by atoms with van der Waals surface area (Å²) in [4.78, 5) is 15.6. The van der Waals surface area contributed by atoms with Crippen LogP contribution < -0.4 is 0 Å². The fourth-order valence-electron chi connectivity index (χ4n) is 1.91. The summed E-state index contributed by atoms with van der Waals surface area (Å²) in [6.07, 6.45) is 0. The number of rotatable bonds is 2. The van der Waals surface area contributed by atoms with Crippen LogP contribution in [0.5, 0.6) is 0 Å². The summed E-state index contributed by atoms with van der Waals surface area (Å²) in [6, 6.07) is 7.49. The normalized spacial score (nSPS) is 11.1. The van der Waals surface area contributed by atoms with Gasteiger partial charge < -0.3 is 5.11 Å². The smallest absolute Gasteiger partial charge is 0.354 e. The van der Waals surface area contributed by atoms with Crippen molar-refractivity contribution in [3.8, 4) is 5.13 Å². The molecule has 0 atom stereocenters. The Kier molecular flexibility index (Phi) is 2.60. The van der Waals surface area contributed by atoms with Crippen molar-refractivity contribution < 1.29 is 9.90 Å². The molecule has 0 radical (unpaired) electrons. The molecule has 0 aliphatic carbocycles. The van der Waals surface area contributed by atoms with E-state index in [9.17, 15) is 9.90 Å². The van der Waals surface area contributed by atoms with Gasteiger partial charge in [0.25, 0.3) is 0 Å². The molecule has 0 saturated heterocycles. The molecule has 0 fully saturated rings. The molecule has 2 heterocycles. The summed E-state index contributed by atoms with van der Waals surface area (Å²) >= 11 is 1.44. The maximum atomic E-state index is 11.2. The zero-order valence-electron chi connectivity index (χ0n) is 10.4. The van der Waals surface area contributed by atoms with E-state index in [4.69, 9.17) is 0 Å². The topological polar surface area (TPSA) is 68.0 Å². The van der Waals surface area contributed by atoms with Crippen molar-refractivity contribution >= 4 is 27.5 Å². The molecule has 0 saturated carbocycles. The van der Waals surface area contributed by atoms with E-state index >= 15 is 0 Å². The molecule has 0 bridgehead atoms. The lowest BCUT2D eigenvalue weighted by Crippen LogP contribution is -2.07. The fraction of sp³-hybridized carbons (Fsp3) is 0.154. The maximum Gasteiger partial charge on any atom is 0.354 e. The number of aromatic nitrogens is 3. The predicted molar refractivity (Wildman–Crippen MR) is 73.2 cm³/mol. The van der Waals surface area contributed by atoms with E-state index in [0.29, 0.717) is 10.8 Å². The Morgan fingerprint density at radius 1 is 1.32 bits per heavy atom. The van der Waals surface area contributed by atoms with Gasteiger partial charge in [-0.3, -0.25) is 0 Å². The number of aromatic carboxylic acids is 1. The Balaban J connectivity index is 2.21. The molecule has 1 N–H and O–H groups in total. The second kappa shape index (κ2) is 4.17. The van der Waals surface area contributed by atoms with Gasteiger partial charge in [-0.15, -0.1) is 0 Å². The minimum absolute atomic E-state index is 0.133. The van der Waals surface area contributed by atoms with Crippen LogP contribution in [0.4, 0.5) is 0 Å². The zero-order valence-corrected chi connectivity index (χ0v) is 11.2. The first kappa shape index (κ1) is 11.9. The van der Waals surface area contributed by atoms with Crippen LogP contribution >= 0.6 is 11.3 Å². The molecule has 0 aliphatic heterocycles. The molecule has 3 aromatic rings. The van der Waals surface area contributed by atoms with Crippen molar-refractivity contribution in [2.24, 2.45) is 0 Å². The van der Waals surface area contributed by atoms with Crippen LogP contribution in [0.1, 0.15) is 21.7 Å². The Morgan fingerprint density at radius 2 is 2.11 bits per heavy atom. The largest absolute Gasteiger partial charge is 0.477 e. The van der Waals surface area contributed by atoms with E-state index in [1.807, 2.05) is 25.1 Å². The molecule has 6 heteroatoms. The highest BCUT2D eigenvalue weighted by molar-refractivity contribution is 7.20. The fourth-order valence-corrected chi connectivity index (χ4v) is 2.94. The minimum atomic E-state index is -1.00. The summed E-state index contributed by atoms with van der Waals surface area (Å²) in [6.45, 7) is 3.78. The molecule has 5 nitrogen and oxygen atoms in total. The zero-order chi connectivity index (χ0) is 13.6. The van der Waals surface area contributed by atoms with Gasteiger partial charge in [-0.05, 0) is 37.6 Å². The van der Waals surface area contributed by atoms with Gasteiger partial charge in [0, 0.05) is 0 Å². The van der Waals surface area contributed by atoms with Crippen molar-refractivity contribution in [1.82, 2.24) is 14.8 Å². The highest BCUT2D eigenvalue weighted by Crippen LogP contribution is 2.26. The number of carboxylic acids is 1. The van der Waals surface area contributed by atoms with Gasteiger partial charge in [-0.2, -0.15) is 9.78 Å². The van der Waals surface area contributed by atoms with Gasteiger partial charge >= 0.3 is 5.97 Å². The highest BCUT2D eigenvalue weighted by Gasteiger charge is 2.16. The second-order valence-corrected chi connectivity index (χ2v) is 5.36. The molecule has 1 aromatic carbocycles. The molecule has 3 rings (SSSR count). The average Bonchev–Trinajstić information content (AvgIpc) is 2.91. The first-order valence-electron chi connectivity index (χ1n) is 5.72. The predicted octanol–water partition coefficient (Wildman–Crippen LogP) is 2.80. The molecule has 0 spiro atoms. The third-order valence-electron chi connectivity index (χ3n) is 2.76. The lowest BCUT2D eigenvalue weighted by Gasteiger charge is -1.97. The van der Waals surface area contributed by atoms with Crippen molar-refractivity contribution in [1.29, 1.82) is 0 Å². The second-order valence-electron chi connectivity index (χ2n) is 4.36. The molecular weight excluding hydrogens is 262 g/mol. The number of benzene rings is 1. The van der Waals surface area contributed by atoms with Crippen LogP contribution in [0.15, 0.2) is 24.3 Å². The van der Waals surface area contributed by atoms with Crippen LogP contribution in [0.3, 0.4) is 0 Å². The molecule has 19 heavy (non-hydrogen) atoms. The van der Waals surface area contributed by atoms with Gasteiger partial charge in [0.15, 0.2) is 5.69 Å². The highest BCUT2D eigenvalue weighted by atomic mass is 32.1. The standard InChI is InChI=1S/C13H11N3O2S/c1-7-3-4-9-11(5-7)19-13(14-9)16-10(12(17)18)6-8(2)15-16/h3-6H,1-2H3,(H,17,18). The number of carbonyl (C=O) groups is 1. The monoisotopic (exact) mass is 273 g/mol. The van der Waals surface area contributed by atoms with E-state index in [0.717, 1.165) is 15.8 Å². The number of carboxylic acid groups (broad SMARTS) is 1. The van der Waals surface area contributed by atoms with Gasteiger partial charge in [-0.1, -0.05) is 17.4 Å². The molecule has 2 aromatic heterocycles. The summed E-state index contributed by atoms with van der Waals surface area (Å²) in [5.41, 5.74) is 2.80. The SMILES string of the molecule is Cc1ccc2nc(-n3nc(C)cc3C(=O)O)sc2c1. The van der Waals surface area contributed by atoms with Gasteiger partial charge in [0.1, 0.15) is 0 Å². The summed E-state index contributed by atoms with van der Waals surface area (Å²) < 4.78 is 2.41. The Labute approximate surface area is 113 Å². The van der Waals surface area contributed by atoms with Crippen molar-refractivity contribution in [2.45, 2.75) is 13.8 Å². The Hall–Kier alpha value is -2.21. The van der Waals surface area contributed by atoms with Gasteiger partial charge in [-0.25, -0.2) is 9.78 Å². The molecule has 0 aliphatic rings. The van der Waals surface area contributed by atoms with Crippen LogP contribution in [0.2, 0.25) is 0 Å². The van der Waals surface area contributed by atoms with Crippen molar-refractivity contribution in [3.05, 3.63) is 41.2 Å². The summed E-state index contributed by atoms with van der Waals surface area (Å²) in [7, 11) is 0. The number of hydrogen-bond acceptors (Lipinski definition) is 4. The van der Waals surface area contributed by atoms with E-state index in [-0.39, 0.29) is 5.69 Å². The van der Waals surface area contributed by atoms with Crippen LogP contribution in [0, 0.1) is 13.8 Å². The van der Waals surface area contributed by atoms with Crippen molar-refractivity contribution in [2.75, 3.05) is 0 Å². The first-order valence-corrected chi connectivity index (χ1v) is 6.54. The lowest BCUT2D eigenvalue weighted by molar-refractivity contribution is 0.0687. The Bertz CT molecular complexity index is 788. The lowest BCUT2D eigenvalue weighted by atomic mass is 10.2. The first-order chi connectivity index (χ1) is 9.04. The third kappa shape index (κ3) is 2.00. The summed E-state index contributed by atoms with van der Waals surface area (Å²) in [5.74, 6) is -1.00. The van der Waals surface area contributed by atoms with E-state index in [1.165, 1.54) is 16.0 Å². The molecular formula is C13H11N3O2S. The number of thiazole rings is 1. The third-order valence-corrected chi connectivity index (χ3v) is 3.76. The number of fused-ring (bicyclic) bond motifs is 1. The van der Waals surface area contributed by atoms with Crippen LogP contribution in [0.25, 0.3) is 15.3 Å². The van der Waals surface area contributed by atoms with Crippen molar-refractivity contribution in [3.63, 3.8) is 0 Å². The molecule has 0 unspecified atom stereocenters. The van der Waals surface area contributed by atoms with E-state index < -0.39 is 5.97 Å². The Morgan fingerprint density at radius 3 is 2.84 bits per heavy atom. The van der Waals surface area contributed by atoms with Crippen LogP contribution in [-0.4, -0.2) is 25.8 Å².